The maximum atomic E-state index is 13.5. The van der Waals surface area contributed by atoms with Crippen molar-refractivity contribution in [3.8, 4) is 5.75 Å². The van der Waals surface area contributed by atoms with Crippen LogP contribution in [0.25, 0.3) is 11.0 Å². The van der Waals surface area contributed by atoms with Crippen LogP contribution >= 0.6 is 11.6 Å². The Morgan fingerprint density at radius 2 is 1.70 bits per heavy atom. The van der Waals surface area contributed by atoms with Crippen LogP contribution in [0, 0.1) is 26.2 Å². The number of anilines is 1. The molecule has 3 aromatic carbocycles. The molecule has 4 rings (SSSR count). The zero-order valence-corrected chi connectivity index (χ0v) is 22.7. The highest BCUT2D eigenvalue weighted by Gasteiger charge is 2.38. The lowest BCUT2D eigenvalue weighted by Gasteiger charge is -2.24. The Balaban J connectivity index is 1.64. The Morgan fingerprint density at radius 3 is 2.41 bits per heavy atom. The van der Waals surface area contributed by atoms with E-state index in [0.29, 0.717) is 28.4 Å². The van der Waals surface area contributed by atoms with Crippen molar-refractivity contribution >= 4 is 40.0 Å². The normalized spacial score (nSPS) is 12.4. The summed E-state index contributed by atoms with van der Waals surface area (Å²) >= 11 is 6.30. The largest absolute Gasteiger partial charge is 0.489 e. The summed E-state index contributed by atoms with van der Waals surface area (Å²) < 4.78 is 7.39. The number of hydrogen-bond acceptors (Lipinski definition) is 5. The van der Waals surface area contributed by atoms with Crippen LogP contribution in [-0.2, 0) is 16.2 Å². The summed E-state index contributed by atoms with van der Waals surface area (Å²) in [4.78, 5) is 27.0. The minimum absolute atomic E-state index is 0.289. The SMILES string of the molecule is Cc1ccc(OCc2ccc3c(c2)nnn3C(C(=O)Nc2cc(C)ccc2Cl)C(=O)C(C)(C)C)c(C)c1. The number of aryl methyl sites for hydroxylation is 3. The first-order valence-corrected chi connectivity index (χ1v) is 12.5. The van der Waals surface area contributed by atoms with Gasteiger partial charge in [0.05, 0.1) is 16.2 Å². The topological polar surface area (TPSA) is 86.1 Å². The molecule has 0 saturated heterocycles. The fraction of sp³-hybridized carbons (Fsp3) is 0.310. The Kier molecular flexibility index (Phi) is 7.37. The van der Waals surface area contributed by atoms with Gasteiger partial charge in [-0.15, -0.1) is 5.10 Å². The summed E-state index contributed by atoms with van der Waals surface area (Å²) in [6.45, 7) is 11.6. The van der Waals surface area contributed by atoms with E-state index in [9.17, 15) is 9.59 Å². The van der Waals surface area contributed by atoms with Gasteiger partial charge in [-0.2, -0.15) is 0 Å². The van der Waals surface area contributed by atoms with E-state index in [4.69, 9.17) is 16.3 Å². The summed E-state index contributed by atoms with van der Waals surface area (Å²) in [5, 5.41) is 11.7. The predicted molar refractivity (Wildman–Crippen MR) is 146 cm³/mol. The smallest absolute Gasteiger partial charge is 0.257 e. The zero-order chi connectivity index (χ0) is 26.9. The van der Waals surface area contributed by atoms with Crippen molar-refractivity contribution in [2.75, 3.05) is 5.32 Å². The summed E-state index contributed by atoms with van der Waals surface area (Å²) in [6, 6.07) is 15.7. The summed E-state index contributed by atoms with van der Waals surface area (Å²) in [5.74, 6) is 0.000910. The molecule has 1 heterocycles. The van der Waals surface area contributed by atoms with Gasteiger partial charge in [0.2, 0.25) is 0 Å². The first-order valence-electron chi connectivity index (χ1n) is 12.1. The van der Waals surface area contributed by atoms with Crippen molar-refractivity contribution in [3.05, 3.63) is 81.9 Å². The molecule has 8 heteroatoms. The van der Waals surface area contributed by atoms with Crippen LogP contribution in [0.2, 0.25) is 5.02 Å². The number of nitrogens with zero attached hydrogens (tertiary/aromatic N) is 3. The van der Waals surface area contributed by atoms with Crippen LogP contribution in [0.4, 0.5) is 5.69 Å². The van der Waals surface area contributed by atoms with Gasteiger partial charge < -0.3 is 10.1 Å². The maximum absolute atomic E-state index is 13.5. The highest BCUT2D eigenvalue weighted by atomic mass is 35.5. The Morgan fingerprint density at radius 1 is 1.00 bits per heavy atom. The van der Waals surface area contributed by atoms with Gasteiger partial charge in [0.25, 0.3) is 5.91 Å². The van der Waals surface area contributed by atoms with Crippen molar-refractivity contribution < 1.29 is 14.3 Å². The summed E-state index contributed by atoms with van der Waals surface area (Å²) in [6.07, 6.45) is 0. The van der Waals surface area contributed by atoms with E-state index < -0.39 is 17.4 Å². The van der Waals surface area contributed by atoms with Gasteiger partial charge in [0.15, 0.2) is 11.8 Å². The average Bonchev–Trinajstić information content (AvgIpc) is 3.23. The van der Waals surface area contributed by atoms with Gasteiger partial charge in [0.1, 0.15) is 17.9 Å². The molecule has 0 aliphatic rings. The molecule has 0 aliphatic heterocycles. The number of carbonyl (C=O) groups excluding carboxylic acids is 2. The molecule has 0 spiro atoms. The zero-order valence-electron chi connectivity index (χ0n) is 21.9. The molecule has 1 amide bonds. The standard InChI is InChI=1S/C29H31ClN4O3/c1-17-8-12-25(19(3)13-17)37-16-20-9-11-24-23(15-20)32-33-34(24)26(27(35)29(4,5)6)28(36)31-22-14-18(2)7-10-21(22)30/h7-15,26H,16H2,1-6H3,(H,31,36). The van der Waals surface area contributed by atoms with Crippen LogP contribution in [0.5, 0.6) is 5.75 Å². The molecule has 0 aliphatic carbocycles. The summed E-state index contributed by atoms with van der Waals surface area (Å²) in [7, 11) is 0. The number of halogens is 1. The number of ether oxygens (including phenoxy) is 1. The predicted octanol–water partition coefficient (Wildman–Crippen LogP) is 6.38. The van der Waals surface area contributed by atoms with Gasteiger partial charge in [-0.1, -0.05) is 67.4 Å². The monoisotopic (exact) mass is 518 g/mol. The van der Waals surface area contributed by atoms with Gasteiger partial charge in [-0.25, -0.2) is 4.68 Å². The molecule has 4 aromatic rings. The molecule has 1 atom stereocenters. The van der Waals surface area contributed by atoms with E-state index >= 15 is 0 Å². The Hall–Kier alpha value is -3.71. The molecule has 1 aromatic heterocycles. The van der Waals surface area contributed by atoms with Crippen LogP contribution < -0.4 is 10.1 Å². The lowest BCUT2D eigenvalue weighted by atomic mass is 9.86. The number of nitrogens with one attached hydrogen (secondary N) is 1. The van der Waals surface area contributed by atoms with Crippen molar-refractivity contribution in [2.24, 2.45) is 5.41 Å². The molecule has 0 bridgehead atoms. The maximum Gasteiger partial charge on any atom is 0.257 e. The van der Waals surface area contributed by atoms with E-state index in [1.54, 1.807) is 32.9 Å². The highest BCUT2D eigenvalue weighted by Crippen LogP contribution is 2.29. The molecule has 192 valence electrons. The molecular weight excluding hydrogens is 488 g/mol. The fourth-order valence-corrected chi connectivity index (χ4v) is 4.24. The molecule has 0 radical (unpaired) electrons. The summed E-state index contributed by atoms with van der Waals surface area (Å²) in [5.41, 5.74) is 4.85. The second kappa shape index (κ2) is 10.3. The van der Waals surface area contributed by atoms with Crippen LogP contribution in [0.15, 0.2) is 54.6 Å². The fourth-order valence-electron chi connectivity index (χ4n) is 4.08. The third kappa shape index (κ3) is 5.83. The number of carbonyl (C=O) groups is 2. The highest BCUT2D eigenvalue weighted by molar-refractivity contribution is 6.34. The molecule has 37 heavy (non-hydrogen) atoms. The van der Waals surface area contributed by atoms with Crippen molar-refractivity contribution in [1.29, 1.82) is 0 Å². The molecular formula is C29H31ClN4O3. The first kappa shape index (κ1) is 26.4. The lowest BCUT2D eigenvalue weighted by Crippen LogP contribution is -2.39. The van der Waals surface area contributed by atoms with E-state index in [1.165, 1.54) is 10.2 Å². The number of amides is 1. The Bertz CT molecular complexity index is 1490. The van der Waals surface area contributed by atoms with E-state index in [2.05, 4.69) is 21.7 Å². The van der Waals surface area contributed by atoms with E-state index in [-0.39, 0.29) is 5.78 Å². The first-order chi connectivity index (χ1) is 17.4. The quantitative estimate of drug-likeness (QED) is 0.287. The minimum Gasteiger partial charge on any atom is -0.489 e. The van der Waals surface area contributed by atoms with E-state index in [0.717, 1.165) is 22.4 Å². The molecule has 0 fully saturated rings. The van der Waals surface area contributed by atoms with Crippen molar-refractivity contribution in [2.45, 2.75) is 54.2 Å². The van der Waals surface area contributed by atoms with Crippen molar-refractivity contribution in [1.82, 2.24) is 15.0 Å². The number of ketones is 1. The number of aromatic nitrogens is 3. The lowest BCUT2D eigenvalue weighted by molar-refractivity contribution is -0.135. The van der Waals surface area contributed by atoms with Crippen LogP contribution in [-0.4, -0.2) is 26.7 Å². The minimum atomic E-state index is -1.22. The van der Waals surface area contributed by atoms with Crippen molar-refractivity contribution in [3.63, 3.8) is 0 Å². The molecule has 1 unspecified atom stereocenters. The molecule has 7 nitrogen and oxygen atoms in total. The molecule has 1 N–H and O–H groups in total. The third-order valence-electron chi connectivity index (χ3n) is 6.12. The molecule has 0 saturated carbocycles. The number of hydrogen-bond donors (Lipinski definition) is 1. The van der Waals surface area contributed by atoms with Gasteiger partial charge in [-0.3, -0.25) is 9.59 Å². The van der Waals surface area contributed by atoms with Gasteiger partial charge in [0, 0.05) is 5.41 Å². The number of fused-ring (bicyclic) bond motifs is 1. The van der Waals surface area contributed by atoms with Gasteiger partial charge in [-0.05, 0) is 67.8 Å². The average molecular weight is 519 g/mol. The Labute approximate surface area is 221 Å². The number of rotatable bonds is 7. The second-order valence-electron chi connectivity index (χ2n) is 10.4. The van der Waals surface area contributed by atoms with E-state index in [1.807, 2.05) is 57.2 Å². The number of Topliss-reactive ketones (excluding diaryl/α,β-unsaturated/α-hetero) is 1. The second-order valence-corrected chi connectivity index (χ2v) is 10.8. The van der Waals surface area contributed by atoms with Crippen LogP contribution in [0.1, 0.15) is 49.1 Å². The van der Waals surface area contributed by atoms with Crippen LogP contribution in [0.3, 0.4) is 0 Å². The number of benzene rings is 3. The third-order valence-corrected chi connectivity index (χ3v) is 6.45. The van der Waals surface area contributed by atoms with Gasteiger partial charge >= 0.3 is 0 Å².